The Kier molecular flexibility index (Phi) is 6.68. The number of carbonyl (C=O) groups excluding carboxylic acids is 1. The average Bonchev–Trinajstić information content (AvgIpc) is 3.44. The van der Waals surface area contributed by atoms with Crippen LogP contribution in [0.4, 0.5) is 0 Å². The summed E-state index contributed by atoms with van der Waals surface area (Å²) in [5, 5.41) is 0. The Morgan fingerprint density at radius 3 is 2.27 bits per heavy atom. The van der Waals surface area contributed by atoms with Crippen molar-refractivity contribution >= 4 is 43.3 Å². The Balaban J connectivity index is 2.05. The fourth-order valence-electron chi connectivity index (χ4n) is 3.96. The molecule has 0 unspecified atom stereocenters. The SMILES string of the molecule is CCOC(=O)[C@@]1(S(=O)(=O)c2ccc(C)cc2)C[C@H]1[C@H]([Se]c1ccccc1)[Si](C)(C)C. The van der Waals surface area contributed by atoms with Crippen LogP contribution in [0.3, 0.4) is 0 Å². The summed E-state index contributed by atoms with van der Waals surface area (Å²) in [6.07, 6.45) is 0.353. The van der Waals surface area contributed by atoms with Crippen LogP contribution >= 0.6 is 0 Å². The van der Waals surface area contributed by atoms with Crippen LogP contribution in [0.5, 0.6) is 0 Å². The first kappa shape index (κ1) is 23.3. The van der Waals surface area contributed by atoms with Crippen LogP contribution in [0, 0.1) is 12.8 Å². The van der Waals surface area contributed by atoms with Crippen molar-refractivity contribution in [3.8, 4) is 0 Å². The van der Waals surface area contributed by atoms with E-state index in [0.29, 0.717) is 6.42 Å². The molecule has 1 aliphatic rings. The van der Waals surface area contributed by atoms with Gasteiger partial charge in [0, 0.05) is 0 Å². The van der Waals surface area contributed by atoms with E-state index in [2.05, 4.69) is 31.8 Å². The average molecular weight is 510 g/mol. The van der Waals surface area contributed by atoms with Gasteiger partial charge in [-0.05, 0) is 0 Å². The van der Waals surface area contributed by atoms with E-state index in [1.54, 1.807) is 31.2 Å². The van der Waals surface area contributed by atoms with Crippen LogP contribution in [0.15, 0.2) is 59.5 Å². The van der Waals surface area contributed by atoms with Gasteiger partial charge in [-0.3, -0.25) is 0 Å². The molecule has 0 aliphatic heterocycles. The van der Waals surface area contributed by atoms with Gasteiger partial charge >= 0.3 is 188 Å². The van der Waals surface area contributed by atoms with Gasteiger partial charge in [-0.1, -0.05) is 0 Å². The minimum absolute atomic E-state index is 0.0907. The number of ether oxygens (including phenoxy) is 1. The van der Waals surface area contributed by atoms with Gasteiger partial charge in [0.2, 0.25) is 0 Å². The molecule has 1 aliphatic carbocycles. The first-order valence-corrected chi connectivity index (χ1v) is 17.1. The van der Waals surface area contributed by atoms with E-state index in [0.717, 1.165) is 5.56 Å². The van der Waals surface area contributed by atoms with Crippen LogP contribution < -0.4 is 4.46 Å². The normalized spacial score (nSPS) is 22.4. The maximum absolute atomic E-state index is 13.8. The molecule has 7 heteroatoms. The molecule has 1 saturated carbocycles. The molecule has 2 aromatic rings. The first-order valence-electron chi connectivity index (χ1n) is 10.2. The summed E-state index contributed by atoms with van der Waals surface area (Å²) < 4.78 is 32.9. The molecule has 0 N–H and O–H groups in total. The predicted octanol–water partition coefficient (Wildman–Crippen LogP) is 3.79. The topological polar surface area (TPSA) is 60.4 Å². The van der Waals surface area contributed by atoms with Crippen molar-refractivity contribution in [2.45, 2.75) is 54.0 Å². The number of esters is 1. The zero-order valence-electron chi connectivity index (χ0n) is 18.2. The third-order valence-corrected chi connectivity index (χ3v) is 17.6. The molecule has 2 aromatic carbocycles. The number of hydrogen-bond acceptors (Lipinski definition) is 4. The molecule has 0 bridgehead atoms. The van der Waals surface area contributed by atoms with E-state index in [1.807, 2.05) is 25.1 Å². The summed E-state index contributed by atoms with van der Waals surface area (Å²) in [6, 6.07) is 17.1. The molecule has 0 heterocycles. The molecule has 30 heavy (non-hydrogen) atoms. The van der Waals surface area contributed by atoms with Crippen LogP contribution in [-0.2, 0) is 19.4 Å². The summed E-state index contributed by atoms with van der Waals surface area (Å²) in [6.45, 7) is 10.6. The van der Waals surface area contributed by atoms with Crippen molar-refractivity contribution < 1.29 is 17.9 Å². The number of carbonyl (C=O) groups is 1. The Labute approximate surface area is 187 Å². The third kappa shape index (κ3) is 4.31. The Morgan fingerprint density at radius 2 is 1.73 bits per heavy atom. The monoisotopic (exact) mass is 510 g/mol. The molecule has 0 saturated heterocycles. The van der Waals surface area contributed by atoms with Crippen molar-refractivity contribution in [1.29, 1.82) is 0 Å². The van der Waals surface area contributed by atoms with E-state index < -0.39 is 28.6 Å². The van der Waals surface area contributed by atoms with Gasteiger partial charge in [-0.25, -0.2) is 0 Å². The Morgan fingerprint density at radius 1 is 1.13 bits per heavy atom. The van der Waals surface area contributed by atoms with Gasteiger partial charge in [-0.15, -0.1) is 0 Å². The van der Waals surface area contributed by atoms with Crippen LogP contribution in [-0.4, -0.2) is 48.8 Å². The molecule has 162 valence electrons. The second-order valence-corrected chi connectivity index (χ2v) is 20.0. The summed E-state index contributed by atoms with van der Waals surface area (Å²) >= 11 is 0.0907. The second-order valence-electron chi connectivity index (χ2n) is 8.95. The summed E-state index contributed by atoms with van der Waals surface area (Å²) in [7, 11) is -5.62. The standard InChI is InChI=1S/C23H30O4SSeSi/c1-6-27-22(24)23(28(25,26)18-14-12-17(2)13-15-18)16-20(23)21(30(3,4)5)29-19-10-8-7-9-11-19/h7-15,20-21H,6,16H2,1-5H3/t20-,21+,23+/m0/s1. The molecule has 3 rings (SSSR count). The van der Waals surface area contributed by atoms with E-state index in [4.69, 9.17) is 4.74 Å². The van der Waals surface area contributed by atoms with Gasteiger partial charge in [0.15, 0.2) is 0 Å². The Hall–Kier alpha value is -1.40. The van der Waals surface area contributed by atoms with Crippen LogP contribution in [0.1, 0.15) is 18.9 Å². The van der Waals surface area contributed by atoms with Crippen LogP contribution in [0.2, 0.25) is 24.1 Å². The van der Waals surface area contributed by atoms with Gasteiger partial charge in [0.1, 0.15) is 0 Å². The molecule has 0 radical (unpaired) electrons. The molecule has 1 fully saturated rings. The molecule has 3 atom stereocenters. The fraction of sp³-hybridized carbons (Fsp3) is 0.435. The zero-order valence-corrected chi connectivity index (χ0v) is 21.7. The minimum atomic E-state index is -3.85. The first-order chi connectivity index (χ1) is 14.0. The van der Waals surface area contributed by atoms with E-state index >= 15 is 0 Å². The number of hydrogen-bond donors (Lipinski definition) is 0. The maximum atomic E-state index is 13.8. The summed E-state index contributed by atoms with van der Waals surface area (Å²) in [5.41, 5.74) is 0.985. The van der Waals surface area contributed by atoms with Crippen LogP contribution in [0.25, 0.3) is 0 Å². The van der Waals surface area contributed by atoms with Crippen molar-refractivity contribution in [3.63, 3.8) is 0 Å². The summed E-state index contributed by atoms with van der Waals surface area (Å²) in [5.74, 6) is -0.780. The second kappa shape index (κ2) is 8.62. The quantitative estimate of drug-likeness (QED) is 0.402. The summed E-state index contributed by atoms with van der Waals surface area (Å²) in [4.78, 5) is 13.3. The van der Waals surface area contributed by atoms with E-state index in [-0.39, 0.29) is 36.8 Å². The fourth-order valence-corrected chi connectivity index (χ4v) is 13.6. The number of sulfone groups is 1. The molecule has 4 nitrogen and oxygen atoms in total. The van der Waals surface area contributed by atoms with Crippen molar-refractivity contribution in [1.82, 2.24) is 0 Å². The van der Waals surface area contributed by atoms with Gasteiger partial charge in [-0.2, -0.15) is 0 Å². The van der Waals surface area contributed by atoms with Gasteiger partial charge in [0.05, 0.1) is 0 Å². The zero-order chi connectivity index (χ0) is 22.2. The third-order valence-electron chi connectivity index (χ3n) is 5.62. The molecular formula is C23H30O4SSeSi. The van der Waals surface area contributed by atoms with Crippen molar-refractivity contribution in [3.05, 3.63) is 60.2 Å². The van der Waals surface area contributed by atoms with Crippen molar-refractivity contribution in [2.75, 3.05) is 6.61 Å². The van der Waals surface area contributed by atoms with E-state index in [9.17, 15) is 13.2 Å². The number of aryl methyl sites for hydroxylation is 1. The van der Waals surface area contributed by atoms with Crippen molar-refractivity contribution in [2.24, 2.45) is 5.92 Å². The molecular weight excluding hydrogens is 479 g/mol. The number of rotatable bonds is 8. The van der Waals surface area contributed by atoms with Gasteiger partial charge < -0.3 is 0 Å². The number of benzene rings is 2. The van der Waals surface area contributed by atoms with E-state index in [1.165, 1.54) is 4.46 Å². The van der Waals surface area contributed by atoms with Gasteiger partial charge in [0.25, 0.3) is 0 Å². The molecule has 0 spiro atoms. The Bertz CT molecular complexity index is 1000. The molecule has 0 aromatic heterocycles. The predicted molar refractivity (Wildman–Crippen MR) is 125 cm³/mol. The molecule has 0 amide bonds.